The van der Waals surface area contributed by atoms with E-state index < -0.39 is 0 Å². The van der Waals surface area contributed by atoms with Gasteiger partial charge in [0.25, 0.3) is 0 Å². The van der Waals surface area contributed by atoms with Gasteiger partial charge in [-0.2, -0.15) is 0 Å². The Morgan fingerprint density at radius 3 is 2.50 bits per heavy atom. The van der Waals surface area contributed by atoms with E-state index in [-0.39, 0.29) is 29.4 Å². The Hall–Kier alpha value is -1.79. The normalized spacial score (nSPS) is 16.6. The molecule has 1 saturated heterocycles. The van der Waals surface area contributed by atoms with E-state index in [9.17, 15) is 9.59 Å². The van der Waals surface area contributed by atoms with Crippen LogP contribution in [0.5, 0.6) is 0 Å². The van der Waals surface area contributed by atoms with Crippen molar-refractivity contribution >= 4 is 23.5 Å². The second-order valence-corrected chi connectivity index (χ2v) is 8.17. The van der Waals surface area contributed by atoms with Crippen LogP contribution in [0.2, 0.25) is 5.02 Å². The molecule has 1 aromatic rings. The Morgan fingerprint density at radius 2 is 1.88 bits per heavy atom. The lowest BCUT2D eigenvalue weighted by molar-refractivity contribution is -0.121. The van der Waals surface area contributed by atoms with Crippen molar-refractivity contribution in [2.24, 2.45) is 0 Å². The lowest BCUT2D eigenvalue weighted by atomic mass is 9.74. The molecule has 6 nitrogen and oxygen atoms in total. The molecule has 0 saturated carbocycles. The van der Waals surface area contributed by atoms with Crippen molar-refractivity contribution < 1.29 is 14.3 Å². The van der Waals surface area contributed by atoms with E-state index in [1.807, 2.05) is 45.0 Å². The number of ether oxygens (including phenoxy) is 1. The van der Waals surface area contributed by atoms with Gasteiger partial charge >= 0.3 is 6.03 Å². The van der Waals surface area contributed by atoms with Gasteiger partial charge in [-0.15, -0.1) is 0 Å². The SMILES string of the molecule is CC(C)(C)NC(=O)CNC(=O)NCC1(c2cccc(Cl)c2)CCOCC1. The number of carbonyl (C=O) groups excluding carboxylic acids is 2. The van der Waals surface area contributed by atoms with Crippen LogP contribution in [0.25, 0.3) is 0 Å². The van der Waals surface area contributed by atoms with Gasteiger partial charge in [0.2, 0.25) is 5.91 Å². The summed E-state index contributed by atoms with van der Waals surface area (Å²) < 4.78 is 5.49. The van der Waals surface area contributed by atoms with E-state index in [0.29, 0.717) is 24.8 Å². The van der Waals surface area contributed by atoms with E-state index in [2.05, 4.69) is 16.0 Å². The second kappa shape index (κ2) is 8.73. The second-order valence-electron chi connectivity index (χ2n) is 7.74. The first-order valence-electron chi connectivity index (χ1n) is 8.87. The van der Waals surface area contributed by atoms with Gasteiger partial charge in [0, 0.05) is 35.7 Å². The first-order chi connectivity index (χ1) is 12.2. The summed E-state index contributed by atoms with van der Waals surface area (Å²) in [5.74, 6) is -0.219. The van der Waals surface area contributed by atoms with Crippen molar-refractivity contribution in [3.63, 3.8) is 0 Å². The summed E-state index contributed by atoms with van der Waals surface area (Å²) in [6, 6.07) is 7.39. The molecule has 1 heterocycles. The maximum Gasteiger partial charge on any atom is 0.315 e. The molecule has 0 atom stereocenters. The third kappa shape index (κ3) is 6.18. The van der Waals surface area contributed by atoms with Crippen molar-refractivity contribution in [1.29, 1.82) is 0 Å². The molecule has 0 spiro atoms. The zero-order chi connectivity index (χ0) is 19.2. The van der Waals surface area contributed by atoms with Crippen LogP contribution in [0.15, 0.2) is 24.3 Å². The molecule has 7 heteroatoms. The molecule has 3 amide bonds. The van der Waals surface area contributed by atoms with Crippen LogP contribution < -0.4 is 16.0 Å². The summed E-state index contributed by atoms with van der Waals surface area (Å²) in [6.45, 7) is 7.37. The standard InChI is InChI=1S/C19H28ClN3O3/c1-18(2,3)23-16(24)12-21-17(25)22-13-19(7-9-26-10-8-19)14-5-4-6-15(20)11-14/h4-6,11H,7-10,12-13H2,1-3H3,(H,23,24)(H2,21,22,25). The van der Waals surface area contributed by atoms with Gasteiger partial charge in [-0.1, -0.05) is 23.7 Å². The van der Waals surface area contributed by atoms with Crippen LogP contribution in [0.1, 0.15) is 39.2 Å². The fourth-order valence-corrected chi connectivity index (χ4v) is 3.27. The number of amides is 3. The van der Waals surface area contributed by atoms with Gasteiger partial charge in [-0.05, 0) is 51.3 Å². The van der Waals surface area contributed by atoms with E-state index in [4.69, 9.17) is 16.3 Å². The first-order valence-corrected chi connectivity index (χ1v) is 9.25. The van der Waals surface area contributed by atoms with Crippen LogP contribution in [0.4, 0.5) is 4.79 Å². The highest BCUT2D eigenvalue weighted by molar-refractivity contribution is 6.30. The van der Waals surface area contributed by atoms with Crippen molar-refractivity contribution in [2.75, 3.05) is 26.3 Å². The van der Waals surface area contributed by atoms with Gasteiger partial charge in [-0.25, -0.2) is 4.79 Å². The topological polar surface area (TPSA) is 79.5 Å². The monoisotopic (exact) mass is 381 g/mol. The number of rotatable bonds is 5. The molecule has 3 N–H and O–H groups in total. The number of benzene rings is 1. The number of carbonyl (C=O) groups is 2. The highest BCUT2D eigenvalue weighted by Gasteiger charge is 2.35. The van der Waals surface area contributed by atoms with Crippen LogP contribution in [0.3, 0.4) is 0 Å². The predicted octanol–water partition coefficient (Wildman–Crippen LogP) is 2.60. The van der Waals surface area contributed by atoms with Crippen LogP contribution in [-0.2, 0) is 14.9 Å². The summed E-state index contributed by atoms with van der Waals surface area (Å²) in [5.41, 5.74) is 0.557. The fourth-order valence-electron chi connectivity index (χ4n) is 3.08. The zero-order valence-electron chi connectivity index (χ0n) is 15.7. The van der Waals surface area contributed by atoms with Crippen LogP contribution in [0, 0.1) is 0 Å². The third-order valence-electron chi connectivity index (χ3n) is 4.40. The molecule has 1 aliphatic rings. The Bertz CT molecular complexity index is 637. The lowest BCUT2D eigenvalue weighted by Crippen LogP contribution is -2.50. The first kappa shape index (κ1) is 20.5. The maximum atomic E-state index is 12.1. The molecule has 144 valence electrons. The van der Waals surface area contributed by atoms with Gasteiger partial charge in [-0.3, -0.25) is 4.79 Å². The lowest BCUT2D eigenvalue weighted by Gasteiger charge is -2.38. The minimum absolute atomic E-state index is 0.0591. The Morgan fingerprint density at radius 1 is 1.19 bits per heavy atom. The molecule has 26 heavy (non-hydrogen) atoms. The van der Waals surface area contributed by atoms with Gasteiger partial charge in [0.05, 0.1) is 6.54 Å². The maximum absolute atomic E-state index is 12.1. The third-order valence-corrected chi connectivity index (χ3v) is 4.63. The molecule has 0 aromatic heterocycles. The minimum Gasteiger partial charge on any atom is -0.381 e. The van der Waals surface area contributed by atoms with Crippen molar-refractivity contribution in [3.8, 4) is 0 Å². The van der Waals surface area contributed by atoms with Crippen molar-refractivity contribution in [1.82, 2.24) is 16.0 Å². The van der Waals surface area contributed by atoms with Gasteiger partial charge in [0.15, 0.2) is 0 Å². The minimum atomic E-state index is -0.359. The van der Waals surface area contributed by atoms with Gasteiger partial charge < -0.3 is 20.7 Å². The predicted molar refractivity (Wildman–Crippen MR) is 102 cm³/mol. The van der Waals surface area contributed by atoms with Gasteiger partial charge in [0.1, 0.15) is 0 Å². The molecule has 0 radical (unpaired) electrons. The van der Waals surface area contributed by atoms with Crippen LogP contribution in [-0.4, -0.2) is 43.8 Å². The number of hydrogen-bond donors (Lipinski definition) is 3. The summed E-state index contributed by atoms with van der Waals surface area (Å²) in [7, 11) is 0. The summed E-state index contributed by atoms with van der Waals surface area (Å²) >= 11 is 6.15. The van der Waals surface area contributed by atoms with Crippen molar-refractivity contribution in [2.45, 2.75) is 44.6 Å². The molecule has 2 rings (SSSR count). The number of halogens is 1. The van der Waals surface area contributed by atoms with E-state index in [1.54, 1.807) is 0 Å². The molecule has 0 aliphatic carbocycles. The summed E-state index contributed by atoms with van der Waals surface area (Å²) in [6.07, 6.45) is 1.61. The van der Waals surface area contributed by atoms with E-state index >= 15 is 0 Å². The fraction of sp³-hybridized carbons (Fsp3) is 0.579. The summed E-state index contributed by atoms with van der Waals surface area (Å²) in [5, 5.41) is 8.99. The molecular formula is C19H28ClN3O3. The molecular weight excluding hydrogens is 354 g/mol. The van der Waals surface area contributed by atoms with E-state index in [0.717, 1.165) is 18.4 Å². The Labute approximate surface area is 160 Å². The zero-order valence-corrected chi connectivity index (χ0v) is 16.4. The number of urea groups is 1. The molecule has 1 fully saturated rings. The average Bonchev–Trinajstić information content (AvgIpc) is 2.57. The molecule has 0 unspecified atom stereocenters. The highest BCUT2D eigenvalue weighted by atomic mass is 35.5. The highest BCUT2D eigenvalue weighted by Crippen LogP contribution is 2.35. The number of nitrogens with one attached hydrogen (secondary N) is 3. The molecule has 0 bridgehead atoms. The van der Waals surface area contributed by atoms with E-state index in [1.165, 1.54) is 0 Å². The van der Waals surface area contributed by atoms with Crippen LogP contribution >= 0.6 is 11.6 Å². The summed E-state index contributed by atoms with van der Waals surface area (Å²) in [4.78, 5) is 23.9. The Kier molecular flexibility index (Phi) is 6.89. The molecule has 1 aliphatic heterocycles. The smallest absolute Gasteiger partial charge is 0.315 e. The average molecular weight is 382 g/mol. The Balaban J connectivity index is 1.93. The van der Waals surface area contributed by atoms with Crippen molar-refractivity contribution in [3.05, 3.63) is 34.9 Å². The number of hydrogen-bond acceptors (Lipinski definition) is 3. The largest absolute Gasteiger partial charge is 0.381 e. The molecule has 1 aromatic carbocycles. The quantitative estimate of drug-likeness (QED) is 0.733.